The largest absolute Gasteiger partial charge is 0.352 e. The summed E-state index contributed by atoms with van der Waals surface area (Å²) < 4.78 is 0. The van der Waals surface area contributed by atoms with E-state index in [-0.39, 0.29) is 18.4 Å². The van der Waals surface area contributed by atoms with Crippen molar-refractivity contribution in [1.82, 2.24) is 10.6 Å². The first kappa shape index (κ1) is 18.0. The maximum atomic E-state index is 12.4. The van der Waals surface area contributed by atoms with Crippen molar-refractivity contribution < 1.29 is 9.59 Å². The maximum Gasteiger partial charge on any atom is 0.312 e. The molecule has 0 aliphatic rings. The van der Waals surface area contributed by atoms with E-state index in [1.165, 1.54) is 16.9 Å². The summed E-state index contributed by atoms with van der Waals surface area (Å²) in [5, 5.41) is 7.59. The number of nitrogens with one attached hydrogen (secondary N) is 2. The molecule has 0 aliphatic carbocycles. The third-order valence-electron chi connectivity index (χ3n) is 3.82. The van der Waals surface area contributed by atoms with Crippen LogP contribution in [0.2, 0.25) is 0 Å². The van der Waals surface area contributed by atoms with Gasteiger partial charge in [-0.3, -0.25) is 4.79 Å². The SMILES string of the molecule is CC[C@@H](NC(=O)C[C@H](NC(N)=O)c1cccs1)c1ccc(C)cc1. The van der Waals surface area contributed by atoms with Gasteiger partial charge >= 0.3 is 6.03 Å². The smallest absolute Gasteiger partial charge is 0.312 e. The molecule has 0 aliphatic heterocycles. The predicted molar refractivity (Wildman–Crippen MR) is 96.7 cm³/mol. The highest BCUT2D eigenvalue weighted by atomic mass is 32.1. The molecule has 2 rings (SSSR count). The van der Waals surface area contributed by atoms with Gasteiger partial charge in [0, 0.05) is 4.88 Å². The Morgan fingerprint density at radius 2 is 1.83 bits per heavy atom. The van der Waals surface area contributed by atoms with Gasteiger partial charge in [0.2, 0.25) is 5.91 Å². The number of hydrogen-bond donors (Lipinski definition) is 3. The van der Waals surface area contributed by atoms with Gasteiger partial charge in [0.05, 0.1) is 18.5 Å². The van der Waals surface area contributed by atoms with Gasteiger partial charge in [0.25, 0.3) is 0 Å². The number of carbonyl (C=O) groups is 2. The maximum absolute atomic E-state index is 12.4. The van der Waals surface area contributed by atoms with Crippen molar-refractivity contribution in [2.45, 2.75) is 38.8 Å². The second-order valence-corrected chi connectivity index (χ2v) is 6.70. The molecular formula is C18H23N3O2S. The molecule has 5 nitrogen and oxygen atoms in total. The second kappa shape index (κ2) is 8.49. The zero-order valence-corrected chi connectivity index (χ0v) is 14.7. The van der Waals surface area contributed by atoms with Crippen LogP contribution in [0.5, 0.6) is 0 Å². The average Bonchev–Trinajstić information content (AvgIpc) is 3.07. The molecule has 0 bridgehead atoms. The van der Waals surface area contributed by atoms with Gasteiger partial charge in [0.15, 0.2) is 0 Å². The number of thiophene rings is 1. The number of carbonyl (C=O) groups excluding carboxylic acids is 2. The molecule has 4 N–H and O–H groups in total. The van der Waals surface area contributed by atoms with Crippen LogP contribution in [0.25, 0.3) is 0 Å². The molecule has 0 fully saturated rings. The van der Waals surface area contributed by atoms with E-state index < -0.39 is 12.1 Å². The monoisotopic (exact) mass is 345 g/mol. The third-order valence-corrected chi connectivity index (χ3v) is 4.80. The summed E-state index contributed by atoms with van der Waals surface area (Å²) in [5.41, 5.74) is 7.49. The van der Waals surface area contributed by atoms with Crippen LogP contribution in [-0.2, 0) is 4.79 Å². The van der Waals surface area contributed by atoms with Crippen LogP contribution >= 0.6 is 11.3 Å². The van der Waals surface area contributed by atoms with Gasteiger partial charge in [-0.2, -0.15) is 0 Å². The standard InChI is InChI=1S/C18H23N3O2S/c1-3-14(13-8-6-12(2)7-9-13)20-17(22)11-15(21-18(19)23)16-5-4-10-24-16/h4-10,14-15H,3,11H2,1-2H3,(H,20,22)(H3,19,21,23)/t14-,15+/m1/s1. The second-order valence-electron chi connectivity index (χ2n) is 5.72. The van der Waals surface area contributed by atoms with E-state index in [1.807, 2.05) is 55.6 Å². The Morgan fingerprint density at radius 1 is 1.12 bits per heavy atom. The van der Waals surface area contributed by atoms with Crippen molar-refractivity contribution in [2.24, 2.45) is 5.73 Å². The summed E-state index contributed by atoms with van der Waals surface area (Å²) in [5.74, 6) is -0.116. The summed E-state index contributed by atoms with van der Waals surface area (Å²) in [6.45, 7) is 4.06. The highest BCUT2D eigenvalue weighted by Gasteiger charge is 2.20. The molecule has 1 aromatic heterocycles. The predicted octanol–water partition coefficient (Wildman–Crippen LogP) is 3.42. The third kappa shape index (κ3) is 5.09. The lowest BCUT2D eigenvalue weighted by Crippen LogP contribution is -2.37. The highest BCUT2D eigenvalue weighted by molar-refractivity contribution is 7.10. The fraction of sp³-hybridized carbons (Fsp3) is 0.333. The fourth-order valence-corrected chi connectivity index (χ4v) is 3.32. The van der Waals surface area contributed by atoms with Gasteiger partial charge in [-0.05, 0) is 30.4 Å². The first-order valence-corrected chi connectivity index (χ1v) is 8.82. The molecule has 0 saturated carbocycles. The van der Waals surface area contributed by atoms with Crippen LogP contribution in [0.15, 0.2) is 41.8 Å². The minimum atomic E-state index is -0.633. The number of nitrogens with two attached hydrogens (primary N) is 1. The zero-order chi connectivity index (χ0) is 17.5. The molecule has 1 heterocycles. The van der Waals surface area contributed by atoms with E-state index in [9.17, 15) is 9.59 Å². The van der Waals surface area contributed by atoms with E-state index in [4.69, 9.17) is 5.73 Å². The molecule has 0 radical (unpaired) electrons. The molecule has 0 spiro atoms. The highest BCUT2D eigenvalue weighted by Crippen LogP contribution is 2.23. The lowest BCUT2D eigenvalue weighted by molar-refractivity contribution is -0.122. The lowest BCUT2D eigenvalue weighted by Gasteiger charge is -2.20. The first-order chi connectivity index (χ1) is 11.5. The Kier molecular flexibility index (Phi) is 6.37. The molecule has 2 aromatic rings. The van der Waals surface area contributed by atoms with Crippen molar-refractivity contribution in [3.8, 4) is 0 Å². The molecule has 2 atom stereocenters. The number of amides is 3. The Labute approximate surface area is 146 Å². The molecule has 3 amide bonds. The van der Waals surface area contributed by atoms with Crippen molar-refractivity contribution in [3.63, 3.8) is 0 Å². The van der Waals surface area contributed by atoms with Crippen LogP contribution in [0.4, 0.5) is 4.79 Å². The fourth-order valence-electron chi connectivity index (χ4n) is 2.54. The molecule has 24 heavy (non-hydrogen) atoms. The van der Waals surface area contributed by atoms with Crippen molar-refractivity contribution >= 4 is 23.3 Å². The van der Waals surface area contributed by atoms with Crippen LogP contribution in [0, 0.1) is 6.92 Å². The van der Waals surface area contributed by atoms with E-state index in [0.717, 1.165) is 16.9 Å². The summed E-state index contributed by atoms with van der Waals surface area (Å²) in [6.07, 6.45) is 0.952. The van der Waals surface area contributed by atoms with Gasteiger partial charge in [-0.15, -0.1) is 11.3 Å². The van der Waals surface area contributed by atoms with E-state index in [0.29, 0.717) is 0 Å². The number of urea groups is 1. The van der Waals surface area contributed by atoms with Crippen LogP contribution in [-0.4, -0.2) is 11.9 Å². The average molecular weight is 345 g/mol. The number of primary amides is 1. The van der Waals surface area contributed by atoms with Crippen LogP contribution < -0.4 is 16.4 Å². The molecule has 6 heteroatoms. The van der Waals surface area contributed by atoms with Crippen LogP contribution in [0.1, 0.15) is 47.9 Å². The molecule has 128 valence electrons. The van der Waals surface area contributed by atoms with Gasteiger partial charge in [-0.1, -0.05) is 42.8 Å². The summed E-state index contributed by atoms with van der Waals surface area (Å²) >= 11 is 1.49. The molecule has 0 unspecified atom stereocenters. The molecular weight excluding hydrogens is 322 g/mol. The topological polar surface area (TPSA) is 84.2 Å². The molecule has 0 saturated heterocycles. The van der Waals surface area contributed by atoms with Gasteiger partial charge < -0.3 is 16.4 Å². The Hall–Kier alpha value is -2.34. The van der Waals surface area contributed by atoms with Gasteiger partial charge in [-0.25, -0.2) is 4.79 Å². The summed E-state index contributed by atoms with van der Waals surface area (Å²) in [6, 6.07) is 10.8. The van der Waals surface area contributed by atoms with Gasteiger partial charge in [0.1, 0.15) is 0 Å². The lowest BCUT2D eigenvalue weighted by atomic mass is 10.0. The summed E-state index contributed by atoms with van der Waals surface area (Å²) in [7, 11) is 0. The minimum absolute atomic E-state index is 0.0457. The quantitative estimate of drug-likeness (QED) is 0.718. The summed E-state index contributed by atoms with van der Waals surface area (Å²) in [4.78, 5) is 24.6. The number of aryl methyl sites for hydroxylation is 1. The number of rotatable bonds is 7. The van der Waals surface area contributed by atoms with E-state index >= 15 is 0 Å². The normalized spacial score (nSPS) is 13.1. The number of benzene rings is 1. The van der Waals surface area contributed by atoms with Crippen molar-refractivity contribution in [3.05, 3.63) is 57.8 Å². The Bertz CT molecular complexity index is 668. The zero-order valence-electron chi connectivity index (χ0n) is 13.9. The van der Waals surface area contributed by atoms with Crippen molar-refractivity contribution in [2.75, 3.05) is 0 Å². The Balaban J connectivity index is 2.03. The van der Waals surface area contributed by atoms with E-state index in [1.54, 1.807) is 0 Å². The van der Waals surface area contributed by atoms with Crippen molar-refractivity contribution in [1.29, 1.82) is 0 Å². The minimum Gasteiger partial charge on any atom is -0.352 e. The first-order valence-electron chi connectivity index (χ1n) is 7.95. The molecule has 1 aromatic carbocycles. The number of hydrogen-bond acceptors (Lipinski definition) is 3. The van der Waals surface area contributed by atoms with Crippen LogP contribution in [0.3, 0.4) is 0 Å². The van der Waals surface area contributed by atoms with E-state index in [2.05, 4.69) is 10.6 Å². The Morgan fingerprint density at radius 3 is 2.38 bits per heavy atom.